The summed E-state index contributed by atoms with van der Waals surface area (Å²) in [7, 11) is 0. The topological polar surface area (TPSA) is 35.6 Å². The molecule has 4 aromatic carbocycles. The van der Waals surface area contributed by atoms with Crippen LogP contribution in [-0.2, 0) is 25.9 Å². The second kappa shape index (κ2) is 12.8. The maximum absolute atomic E-state index is 6.33. The second-order valence-corrected chi connectivity index (χ2v) is 11.9. The molecule has 2 aromatic heterocycles. The van der Waals surface area contributed by atoms with Gasteiger partial charge in [0.05, 0.1) is 12.7 Å². The Morgan fingerprint density at radius 1 is 0.585 bits per heavy atom. The number of hydrogen-bond acceptors (Lipinski definition) is 3. The van der Waals surface area contributed by atoms with Crippen molar-refractivity contribution in [2.45, 2.75) is 35.7 Å². The molecule has 2 heterocycles. The summed E-state index contributed by atoms with van der Waals surface area (Å²) >= 11 is 14.5. The van der Waals surface area contributed by atoms with E-state index >= 15 is 0 Å². The normalized spacial score (nSPS) is 11.2. The minimum atomic E-state index is 0.734. The molecule has 0 saturated heterocycles. The molecule has 0 aliphatic heterocycles. The van der Waals surface area contributed by atoms with Crippen LogP contribution < -0.4 is 0 Å². The molecule has 0 unspecified atom stereocenters. The maximum Gasteiger partial charge on any atom is 0.0949 e. The van der Waals surface area contributed by atoms with E-state index in [1.807, 2.05) is 85.6 Å². The summed E-state index contributed by atoms with van der Waals surface area (Å²) in [6, 6.07) is 29.4. The van der Waals surface area contributed by atoms with Gasteiger partial charge in [0.2, 0.25) is 0 Å². The summed E-state index contributed by atoms with van der Waals surface area (Å²) in [4.78, 5) is 11.0. The Balaban J connectivity index is 1.40. The summed E-state index contributed by atoms with van der Waals surface area (Å²) in [6.45, 7) is 1.47. The highest BCUT2D eigenvalue weighted by Gasteiger charge is 2.16. The van der Waals surface area contributed by atoms with Crippen molar-refractivity contribution in [3.63, 3.8) is 0 Å². The van der Waals surface area contributed by atoms with Crippen LogP contribution in [0.2, 0.25) is 10.0 Å². The molecule has 0 radical (unpaired) electrons. The lowest BCUT2D eigenvalue weighted by Gasteiger charge is -2.19. The van der Waals surface area contributed by atoms with Gasteiger partial charge in [0, 0.05) is 57.7 Å². The van der Waals surface area contributed by atoms with Crippen molar-refractivity contribution in [2.75, 3.05) is 0 Å². The fourth-order valence-corrected chi connectivity index (χ4v) is 6.68. The lowest BCUT2D eigenvalue weighted by atomic mass is 9.99. The van der Waals surface area contributed by atoms with E-state index in [2.05, 4.69) is 67.6 Å². The van der Waals surface area contributed by atoms with E-state index in [4.69, 9.17) is 23.2 Å². The fraction of sp³-hybridized carbons (Fsp3) is 0.118. The number of nitrogens with zero attached hydrogens (tertiary/aromatic N) is 4. The highest BCUT2D eigenvalue weighted by Crippen LogP contribution is 2.37. The minimum Gasteiger partial charge on any atom is -0.333 e. The molecule has 7 heteroatoms. The van der Waals surface area contributed by atoms with Gasteiger partial charge in [-0.25, -0.2) is 9.97 Å². The summed E-state index contributed by atoms with van der Waals surface area (Å²) < 4.78 is 4.26. The highest BCUT2D eigenvalue weighted by molar-refractivity contribution is 7.99. The number of rotatable bonds is 10. The Morgan fingerprint density at radius 3 is 1.46 bits per heavy atom. The first kappa shape index (κ1) is 27.4. The van der Waals surface area contributed by atoms with E-state index in [0.29, 0.717) is 0 Å². The lowest BCUT2D eigenvalue weighted by Crippen LogP contribution is -2.06. The molecule has 0 spiro atoms. The van der Waals surface area contributed by atoms with Crippen LogP contribution in [0.4, 0.5) is 0 Å². The van der Waals surface area contributed by atoms with E-state index < -0.39 is 0 Å². The zero-order valence-corrected chi connectivity index (χ0v) is 24.7. The molecule has 6 rings (SSSR count). The van der Waals surface area contributed by atoms with Crippen LogP contribution >= 0.6 is 35.0 Å². The third-order valence-electron chi connectivity index (χ3n) is 7.05. The van der Waals surface area contributed by atoms with Gasteiger partial charge in [-0.15, -0.1) is 0 Å². The zero-order valence-electron chi connectivity index (χ0n) is 22.3. The predicted molar refractivity (Wildman–Crippen MR) is 168 cm³/mol. The van der Waals surface area contributed by atoms with Crippen LogP contribution in [0.15, 0.2) is 132 Å². The molecule has 0 amide bonds. The van der Waals surface area contributed by atoms with Gasteiger partial charge < -0.3 is 9.13 Å². The number of hydrogen-bond donors (Lipinski definition) is 0. The molecule has 0 aliphatic carbocycles. The molecule has 0 aliphatic rings. The van der Waals surface area contributed by atoms with Gasteiger partial charge in [-0.2, -0.15) is 0 Å². The van der Waals surface area contributed by atoms with Gasteiger partial charge in [-0.05, 0) is 82.6 Å². The number of halogens is 2. The molecule has 204 valence electrons. The molecule has 0 saturated carbocycles. The van der Waals surface area contributed by atoms with Crippen molar-refractivity contribution in [1.29, 1.82) is 0 Å². The minimum absolute atomic E-state index is 0.734. The summed E-state index contributed by atoms with van der Waals surface area (Å²) in [6.07, 6.45) is 13.0. The Morgan fingerprint density at radius 2 is 1.05 bits per heavy atom. The molecule has 41 heavy (non-hydrogen) atoms. The largest absolute Gasteiger partial charge is 0.333 e. The number of benzene rings is 4. The molecule has 0 N–H and O–H groups in total. The first-order chi connectivity index (χ1) is 20.1. The van der Waals surface area contributed by atoms with E-state index in [-0.39, 0.29) is 0 Å². The number of aromatic nitrogens is 4. The molecular weight excluding hydrogens is 567 g/mol. The Bertz CT molecular complexity index is 1620. The first-order valence-electron chi connectivity index (χ1n) is 13.4. The van der Waals surface area contributed by atoms with Crippen LogP contribution in [0.25, 0.3) is 0 Å². The van der Waals surface area contributed by atoms with E-state index in [1.54, 1.807) is 0 Å². The van der Waals surface area contributed by atoms with Crippen LogP contribution in [0.3, 0.4) is 0 Å². The maximum atomic E-state index is 6.33. The van der Waals surface area contributed by atoms with Gasteiger partial charge in [0.15, 0.2) is 0 Å². The molecule has 0 bridgehead atoms. The smallest absolute Gasteiger partial charge is 0.0949 e. The van der Waals surface area contributed by atoms with Crippen molar-refractivity contribution in [2.24, 2.45) is 0 Å². The van der Waals surface area contributed by atoms with E-state index in [9.17, 15) is 0 Å². The van der Waals surface area contributed by atoms with Gasteiger partial charge in [0.25, 0.3) is 0 Å². The highest BCUT2D eigenvalue weighted by atomic mass is 35.5. The van der Waals surface area contributed by atoms with Crippen LogP contribution in [0.5, 0.6) is 0 Å². The van der Waals surface area contributed by atoms with Crippen molar-refractivity contribution < 1.29 is 0 Å². The first-order valence-corrected chi connectivity index (χ1v) is 15.0. The lowest BCUT2D eigenvalue weighted by molar-refractivity contribution is 0.770. The molecule has 6 aromatic rings. The second-order valence-electron chi connectivity index (χ2n) is 9.97. The van der Waals surface area contributed by atoms with Crippen molar-refractivity contribution in [1.82, 2.24) is 19.1 Å². The number of imidazole rings is 2. The third kappa shape index (κ3) is 6.94. The van der Waals surface area contributed by atoms with Crippen molar-refractivity contribution >= 4 is 35.0 Å². The molecule has 0 atom stereocenters. The Hall–Kier alpha value is -3.77. The summed E-state index contributed by atoms with van der Waals surface area (Å²) in [5.41, 5.74) is 7.50. The van der Waals surface area contributed by atoms with E-state index in [1.165, 1.54) is 43.2 Å². The van der Waals surface area contributed by atoms with Gasteiger partial charge in [0.1, 0.15) is 0 Å². The summed E-state index contributed by atoms with van der Waals surface area (Å²) in [5.74, 6) is 0. The Kier molecular flexibility index (Phi) is 8.57. The third-order valence-corrected chi connectivity index (χ3v) is 8.72. The average molecular weight is 596 g/mol. The van der Waals surface area contributed by atoms with Gasteiger partial charge >= 0.3 is 0 Å². The van der Waals surface area contributed by atoms with Crippen molar-refractivity contribution in [3.8, 4) is 0 Å². The van der Waals surface area contributed by atoms with Gasteiger partial charge in [-0.1, -0.05) is 83.5 Å². The molecular formula is C34H28Cl2N4S. The molecule has 4 nitrogen and oxygen atoms in total. The average Bonchev–Trinajstić information content (AvgIpc) is 3.67. The fourth-order valence-electron chi connectivity index (χ4n) is 5.08. The van der Waals surface area contributed by atoms with E-state index in [0.717, 1.165) is 36.0 Å². The van der Waals surface area contributed by atoms with Crippen LogP contribution in [-0.4, -0.2) is 19.1 Å². The SMILES string of the molecule is Clc1cccc(Cc2cccc(Sc3cccc(Cc4cccc(Cl)c4)c3Cn3ccnc3)c2Cn2ccnc2)c1. The Labute approximate surface area is 254 Å². The molecule has 0 fully saturated rings. The van der Waals surface area contributed by atoms with Crippen molar-refractivity contribution in [3.05, 3.63) is 166 Å². The monoisotopic (exact) mass is 594 g/mol. The zero-order chi connectivity index (χ0) is 28.0. The van der Waals surface area contributed by atoms with Crippen LogP contribution in [0, 0.1) is 0 Å². The predicted octanol–water partition coefficient (Wildman–Crippen LogP) is 8.82. The van der Waals surface area contributed by atoms with Gasteiger partial charge in [-0.3, -0.25) is 0 Å². The standard InChI is InChI=1S/C34H28Cl2N4S/c35-29-9-1-5-25(19-29)17-27-7-3-11-33(31(27)21-39-15-13-37-23-39)41-34-12-4-8-28(18-26-6-2-10-30(36)20-26)32(34)22-40-16-14-38-24-40/h1-16,19-20,23-24H,17-18,21-22H2. The quantitative estimate of drug-likeness (QED) is 0.159. The van der Waals surface area contributed by atoms with Crippen LogP contribution in [0.1, 0.15) is 33.4 Å². The summed E-state index contributed by atoms with van der Waals surface area (Å²) in [5, 5.41) is 1.51.